The van der Waals surface area contributed by atoms with Crippen LogP contribution >= 0.6 is 0 Å². The van der Waals surface area contributed by atoms with Gasteiger partial charge in [0.2, 0.25) is 5.78 Å². The number of hydrogen-bond acceptors (Lipinski definition) is 7. The Morgan fingerprint density at radius 1 is 1.25 bits per heavy atom. The van der Waals surface area contributed by atoms with E-state index in [0.29, 0.717) is 24.8 Å². The lowest BCUT2D eigenvalue weighted by Gasteiger charge is -2.62. The summed E-state index contributed by atoms with van der Waals surface area (Å²) in [5.74, 6) is -3.71. The van der Waals surface area contributed by atoms with Crippen molar-refractivity contribution in [2.24, 2.45) is 28.6 Å². The van der Waals surface area contributed by atoms with Gasteiger partial charge in [-0.2, -0.15) is 0 Å². The number of carbonyl (C=O) groups excluding carboxylic acids is 3. The van der Waals surface area contributed by atoms with E-state index in [2.05, 4.69) is 5.32 Å². The van der Waals surface area contributed by atoms with E-state index in [1.807, 2.05) is 0 Å². The van der Waals surface area contributed by atoms with E-state index in [4.69, 9.17) is 9.84 Å². The van der Waals surface area contributed by atoms with Crippen LogP contribution in [0.15, 0.2) is 23.8 Å². The highest BCUT2D eigenvalue weighted by Gasteiger charge is 2.75. The van der Waals surface area contributed by atoms with Crippen LogP contribution in [-0.2, 0) is 19.1 Å². The Bertz CT molecular complexity index is 1060. The summed E-state index contributed by atoms with van der Waals surface area (Å²) >= 11 is 0. The number of allylic oxidation sites excluding steroid dienone is 4. The average molecular weight is 508 g/mol. The van der Waals surface area contributed by atoms with Crippen LogP contribution < -0.4 is 5.32 Å². The van der Waals surface area contributed by atoms with Crippen LogP contribution in [0.5, 0.6) is 0 Å². The third kappa shape index (κ3) is 3.55. The van der Waals surface area contributed by atoms with Crippen molar-refractivity contribution >= 4 is 23.6 Å². The Labute approximate surface area is 208 Å². The second-order valence-corrected chi connectivity index (χ2v) is 11.2. The summed E-state index contributed by atoms with van der Waals surface area (Å²) in [6.45, 7) is 4.19. The van der Waals surface area contributed by atoms with E-state index in [0.717, 1.165) is 0 Å². The predicted octanol–water partition coefficient (Wildman–Crippen LogP) is 2.10. The molecule has 198 valence electrons. The highest BCUT2D eigenvalue weighted by Crippen LogP contribution is 2.70. The van der Waals surface area contributed by atoms with Crippen LogP contribution in [0.25, 0.3) is 0 Å². The quantitative estimate of drug-likeness (QED) is 0.427. The molecule has 4 rings (SSSR count). The maximum absolute atomic E-state index is 17.1. The third-order valence-corrected chi connectivity index (χ3v) is 9.59. The molecule has 0 aromatic rings. The van der Waals surface area contributed by atoms with Crippen LogP contribution in [-0.4, -0.2) is 69.5 Å². The van der Waals surface area contributed by atoms with Gasteiger partial charge in [0.15, 0.2) is 18.1 Å². The smallest absolute Gasteiger partial charge is 0.407 e. The molecule has 0 aromatic heterocycles. The maximum Gasteiger partial charge on any atom is 0.407 e. The second-order valence-electron chi connectivity index (χ2n) is 11.2. The van der Waals surface area contributed by atoms with Crippen molar-refractivity contribution in [1.29, 1.82) is 0 Å². The van der Waals surface area contributed by atoms with Crippen molar-refractivity contribution in [3.63, 3.8) is 0 Å². The zero-order valence-electron chi connectivity index (χ0n) is 20.8. The first-order valence-electron chi connectivity index (χ1n) is 12.4. The van der Waals surface area contributed by atoms with Gasteiger partial charge in [-0.05, 0) is 56.6 Å². The maximum atomic E-state index is 17.1. The summed E-state index contributed by atoms with van der Waals surface area (Å²) < 4.78 is 22.1. The Morgan fingerprint density at radius 2 is 1.94 bits per heavy atom. The van der Waals surface area contributed by atoms with E-state index < -0.39 is 70.4 Å². The van der Waals surface area contributed by atoms with Crippen LogP contribution in [0.1, 0.15) is 52.9 Å². The molecule has 1 amide bonds. The number of aliphatic hydroxyl groups excluding tert-OH is 1. The molecule has 9 nitrogen and oxygen atoms in total. The van der Waals surface area contributed by atoms with E-state index in [9.17, 15) is 29.4 Å². The summed E-state index contributed by atoms with van der Waals surface area (Å²) in [5, 5.41) is 34.0. The summed E-state index contributed by atoms with van der Waals surface area (Å²) in [7, 11) is 0. The van der Waals surface area contributed by atoms with Crippen molar-refractivity contribution in [3.8, 4) is 0 Å². The number of rotatable bonds is 6. The Hall–Kier alpha value is -2.59. The van der Waals surface area contributed by atoms with Crippen LogP contribution in [0, 0.1) is 28.6 Å². The number of alkyl halides is 1. The molecule has 0 aromatic carbocycles. The summed E-state index contributed by atoms with van der Waals surface area (Å²) in [6.07, 6.45) is 2.57. The van der Waals surface area contributed by atoms with Crippen LogP contribution in [0.2, 0.25) is 0 Å². The molecule has 0 heterocycles. The fraction of sp³-hybridized carbons (Fsp3) is 0.692. The monoisotopic (exact) mass is 507 g/mol. The summed E-state index contributed by atoms with van der Waals surface area (Å²) in [6, 6.07) is 0. The number of aliphatic hydroxyl groups is 2. The number of Topliss-reactive ketones (excluding diaryl/α,β-unsaturated/α-hetero) is 1. The zero-order valence-corrected chi connectivity index (χ0v) is 20.8. The number of aliphatic carboxylic acids is 1. The van der Waals surface area contributed by atoms with Crippen molar-refractivity contribution in [2.45, 2.75) is 70.2 Å². The molecule has 0 aliphatic heterocycles. The first-order valence-corrected chi connectivity index (χ1v) is 12.4. The lowest BCUT2D eigenvalue weighted by molar-refractivity contribution is -0.219. The number of nitrogens with one attached hydrogen (secondary N) is 1. The summed E-state index contributed by atoms with van der Waals surface area (Å²) in [4.78, 5) is 47.7. The fourth-order valence-corrected chi connectivity index (χ4v) is 7.70. The zero-order chi connectivity index (χ0) is 26.7. The van der Waals surface area contributed by atoms with E-state index in [-0.39, 0.29) is 25.2 Å². The number of hydrogen-bond donors (Lipinski definition) is 4. The molecule has 0 radical (unpaired) electrons. The SMILES string of the molecule is C[C@@H]1CC2C3CCC4=CC(=O)C=CC4(C)[C@@]3(F)C(O)CC2(C)[C@@]1(O)C(=O)COC(=O)NCCC(=O)O. The Balaban J connectivity index is 1.58. The minimum absolute atomic E-state index is 0.174. The van der Waals surface area contributed by atoms with Gasteiger partial charge < -0.3 is 25.4 Å². The molecule has 3 fully saturated rings. The number of ketones is 2. The lowest BCUT2D eigenvalue weighted by Crippen LogP contribution is -2.69. The van der Waals surface area contributed by atoms with Gasteiger partial charge in [0, 0.05) is 23.3 Å². The van der Waals surface area contributed by atoms with Gasteiger partial charge in [0.05, 0.1) is 12.5 Å². The molecule has 10 heteroatoms. The van der Waals surface area contributed by atoms with Crippen molar-refractivity contribution in [1.82, 2.24) is 5.32 Å². The Kier molecular flexibility index (Phi) is 6.44. The highest BCUT2D eigenvalue weighted by atomic mass is 19.1. The van der Waals surface area contributed by atoms with E-state index >= 15 is 4.39 Å². The van der Waals surface area contributed by atoms with Crippen molar-refractivity contribution in [2.75, 3.05) is 13.2 Å². The largest absolute Gasteiger partial charge is 0.481 e. The van der Waals surface area contributed by atoms with Gasteiger partial charge in [-0.25, -0.2) is 9.18 Å². The molecule has 36 heavy (non-hydrogen) atoms. The van der Waals surface area contributed by atoms with Crippen molar-refractivity contribution < 1.29 is 43.6 Å². The molecule has 0 saturated heterocycles. The number of halogens is 1. The normalized spacial score (nSPS) is 43.1. The van der Waals surface area contributed by atoms with Gasteiger partial charge in [-0.15, -0.1) is 0 Å². The van der Waals surface area contributed by atoms with E-state index in [1.165, 1.54) is 12.2 Å². The number of carbonyl (C=O) groups is 4. The molecule has 4 aliphatic carbocycles. The van der Waals surface area contributed by atoms with Gasteiger partial charge in [0.25, 0.3) is 0 Å². The summed E-state index contributed by atoms with van der Waals surface area (Å²) in [5.41, 5.74) is -5.73. The second kappa shape index (κ2) is 8.76. The fourth-order valence-electron chi connectivity index (χ4n) is 7.70. The molecule has 8 atom stereocenters. The molecule has 0 bridgehead atoms. The van der Waals surface area contributed by atoms with Gasteiger partial charge in [-0.3, -0.25) is 14.4 Å². The first kappa shape index (κ1) is 26.5. The van der Waals surface area contributed by atoms with Gasteiger partial charge in [0.1, 0.15) is 5.60 Å². The molecule has 4 aliphatic rings. The number of alkyl carbamates (subject to hydrolysis) is 1. The Morgan fingerprint density at radius 3 is 2.61 bits per heavy atom. The lowest BCUT2D eigenvalue weighted by atomic mass is 9.44. The average Bonchev–Trinajstić information content (AvgIpc) is 3.00. The minimum atomic E-state index is -2.08. The molecule has 5 unspecified atom stereocenters. The standard InChI is InChI=1S/C26H34FNO8/c1-14-10-18-17-5-4-15-11-16(29)6-8-23(15,2)25(17,27)19(30)12-24(18,3)26(14,35)20(31)13-36-22(34)28-9-7-21(32)33/h6,8,11,14,17-19,30,35H,4-5,7,9-10,12-13H2,1-3H3,(H,28,34)(H,32,33)/t14-,17?,18?,19?,23?,24?,25+,26+/m1/s1. The van der Waals surface area contributed by atoms with Gasteiger partial charge in [-0.1, -0.05) is 25.5 Å². The predicted molar refractivity (Wildman–Crippen MR) is 124 cm³/mol. The number of fused-ring (bicyclic) bond motifs is 5. The molecule has 0 spiro atoms. The molecule has 4 N–H and O–H groups in total. The number of carboxylic acid groups (broad SMARTS) is 1. The number of carboxylic acids is 1. The molecular formula is C26H34FNO8. The molecular weight excluding hydrogens is 473 g/mol. The number of amides is 1. The van der Waals surface area contributed by atoms with Crippen molar-refractivity contribution in [3.05, 3.63) is 23.8 Å². The number of ether oxygens (including phenoxy) is 1. The van der Waals surface area contributed by atoms with Crippen LogP contribution in [0.3, 0.4) is 0 Å². The molecule has 3 saturated carbocycles. The van der Waals surface area contributed by atoms with E-state index in [1.54, 1.807) is 26.8 Å². The first-order chi connectivity index (χ1) is 16.7. The van der Waals surface area contributed by atoms with Crippen LogP contribution in [0.4, 0.5) is 9.18 Å². The highest BCUT2D eigenvalue weighted by molar-refractivity contribution is 6.01. The topological polar surface area (TPSA) is 150 Å². The van der Waals surface area contributed by atoms with Gasteiger partial charge >= 0.3 is 12.1 Å². The third-order valence-electron chi connectivity index (χ3n) is 9.59. The minimum Gasteiger partial charge on any atom is -0.481 e.